The lowest BCUT2D eigenvalue weighted by Crippen LogP contribution is -2.24. The number of anilines is 2. The third kappa shape index (κ3) is 5.93. The van der Waals surface area contributed by atoms with Gasteiger partial charge in [0.25, 0.3) is 0 Å². The van der Waals surface area contributed by atoms with E-state index in [4.69, 9.17) is 0 Å². The van der Waals surface area contributed by atoms with Crippen molar-refractivity contribution in [3.63, 3.8) is 0 Å². The Labute approximate surface area is 180 Å². The van der Waals surface area contributed by atoms with Crippen LogP contribution in [0.3, 0.4) is 0 Å². The molecule has 1 unspecified atom stereocenters. The second-order valence-corrected chi connectivity index (χ2v) is 8.18. The number of aromatic nitrogens is 3. The number of thioether (sulfide) groups is 1. The first-order valence-electron chi connectivity index (χ1n) is 9.67. The number of amides is 2. The first-order valence-corrected chi connectivity index (χ1v) is 10.7. The fraction of sp³-hybridized carbons (Fsp3) is 0.273. The zero-order valence-corrected chi connectivity index (χ0v) is 18.1. The van der Waals surface area contributed by atoms with E-state index in [1.165, 1.54) is 33.4 Å². The minimum Gasteiger partial charge on any atom is -0.326 e. The maximum absolute atomic E-state index is 12.3. The summed E-state index contributed by atoms with van der Waals surface area (Å²) >= 11 is 1.67. The lowest BCUT2D eigenvalue weighted by molar-refractivity contribution is -0.119. The number of nitrogens with one attached hydrogen (secondary N) is 2. The van der Waals surface area contributed by atoms with E-state index in [1.807, 2.05) is 0 Å². The molecule has 0 saturated heterocycles. The zero-order chi connectivity index (χ0) is 21.5. The van der Waals surface area contributed by atoms with E-state index in [2.05, 4.69) is 52.8 Å². The Morgan fingerprint density at radius 1 is 1.03 bits per heavy atom. The molecule has 2 N–H and O–H groups in total. The summed E-state index contributed by atoms with van der Waals surface area (Å²) in [6, 6.07) is 12.9. The molecular weight excluding hydrogens is 398 g/mol. The highest BCUT2D eigenvalue weighted by atomic mass is 32.2. The lowest BCUT2D eigenvalue weighted by Gasteiger charge is -2.12. The molecule has 156 valence electrons. The van der Waals surface area contributed by atoms with Crippen molar-refractivity contribution in [3.8, 4) is 0 Å². The van der Waals surface area contributed by atoms with Crippen molar-refractivity contribution in [1.82, 2.24) is 14.8 Å². The normalized spacial score (nSPS) is 11.7. The van der Waals surface area contributed by atoms with Crippen LogP contribution in [0.5, 0.6) is 0 Å². The largest absolute Gasteiger partial charge is 0.326 e. The summed E-state index contributed by atoms with van der Waals surface area (Å²) in [4.78, 5) is 29.5. The van der Waals surface area contributed by atoms with Gasteiger partial charge in [0.2, 0.25) is 11.8 Å². The Bertz CT molecular complexity index is 1000. The van der Waals surface area contributed by atoms with E-state index in [0.29, 0.717) is 23.5 Å². The van der Waals surface area contributed by atoms with Gasteiger partial charge in [-0.05, 0) is 68.3 Å². The third-order valence-corrected chi connectivity index (χ3v) is 5.72. The lowest BCUT2D eigenvalue weighted by atomic mass is 10.1. The third-order valence-electron chi connectivity index (χ3n) is 4.73. The van der Waals surface area contributed by atoms with Crippen LogP contribution in [0.2, 0.25) is 0 Å². The van der Waals surface area contributed by atoms with Crippen LogP contribution < -0.4 is 10.6 Å². The standard InChI is InChI=1S/C22H25N5O2S/c1-15-4-9-20(12-16(15)2)30-11-10-21(28)25-18-5-7-19(8-6-18)26-22(29)17(3)27-14-23-13-24-27/h4-9,12-14,17H,10-11H2,1-3H3,(H,25,28)(H,26,29). The van der Waals surface area contributed by atoms with Crippen molar-refractivity contribution in [3.05, 3.63) is 66.2 Å². The Morgan fingerprint density at radius 3 is 2.37 bits per heavy atom. The highest BCUT2D eigenvalue weighted by molar-refractivity contribution is 7.99. The predicted octanol–water partition coefficient (Wildman–Crippen LogP) is 4.22. The van der Waals surface area contributed by atoms with Gasteiger partial charge in [-0.3, -0.25) is 9.59 Å². The number of aryl methyl sites for hydroxylation is 2. The van der Waals surface area contributed by atoms with Gasteiger partial charge >= 0.3 is 0 Å². The molecule has 0 bridgehead atoms. The second-order valence-electron chi connectivity index (χ2n) is 7.01. The summed E-state index contributed by atoms with van der Waals surface area (Å²) in [7, 11) is 0. The number of rotatable bonds is 8. The highest BCUT2D eigenvalue weighted by Crippen LogP contribution is 2.22. The first kappa shape index (κ1) is 21.6. The van der Waals surface area contributed by atoms with Gasteiger partial charge < -0.3 is 10.6 Å². The summed E-state index contributed by atoms with van der Waals surface area (Å²) in [5, 5.41) is 9.69. The van der Waals surface area contributed by atoms with Gasteiger partial charge in [-0.1, -0.05) is 6.07 Å². The average molecular weight is 424 g/mol. The van der Waals surface area contributed by atoms with Gasteiger partial charge in [0.15, 0.2) is 0 Å². The van der Waals surface area contributed by atoms with Gasteiger partial charge in [0, 0.05) is 28.4 Å². The van der Waals surface area contributed by atoms with Gasteiger partial charge in [-0.15, -0.1) is 11.8 Å². The number of hydrogen-bond donors (Lipinski definition) is 2. The fourth-order valence-electron chi connectivity index (χ4n) is 2.71. The maximum atomic E-state index is 12.3. The van der Waals surface area contributed by atoms with E-state index >= 15 is 0 Å². The smallest absolute Gasteiger partial charge is 0.249 e. The minimum atomic E-state index is -0.471. The summed E-state index contributed by atoms with van der Waals surface area (Å²) in [5.74, 6) is 0.478. The minimum absolute atomic E-state index is 0.0390. The van der Waals surface area contributed by atoms with Crippen LogP contribution in [0.15, 0.2) is 60.0 Å². The van der Waals surface area contributed by atoms with Gasteiger partial charge in [0.1, 0.15) is 18.7 Å². The Morgan fingerprint density at radius 2 is 1.73 bits per heavy atom. The number of carbonyl (C=O) groups excluding carboxylic acids is 2. The topological polar surface area (TPSA) is 88.9 Å². The molecule has 0 radical (unpaired) electrons. The van der Waals surface area contributed by atoms with Crippen LogP contribution in [0.25, 0.3) is 0 Å². The first-order chi connectivity index (χ1) is 14.4. The summed E-state index contributed by atoms with van der Waals surface area (Å²) in [6.07, 6.45) is 3.31. The molecule has 3 aromatic rings. The van der Waals surface area contributed by atoms with Crippen molar-refractivity contribution in [2.24, 2.45) is 0 Å². The maximum Gasteiger partial charge on any atom is 0.249 e. The molecule has 7 nitrogen and oxygen atoms in total. The molecule has 0 saturated carbocycles. The van der Waals surface area contributed by atoms with Crippen molar-refractivity contribution >= 4 is 35.0 Å². The molecule has 3 rings (SSSR count). The summed E-state index contributed by atoms with van der Waals surface area (Å²) < 4.78 is 1.49. The van der Waals surface area contributed by atoms with E-state index < -0.39 is 6.04 Å². The molecule has 1 aromatic heterocycles. The van der Waals surface area contributed by atoms with Crippen molar-refractivity contribution < 1.29 is 9.59 Å². The number of benzene rings is 2. The van der Waals surface area contributed by atoms with E-state index in [9.17, 15) is 9.59 Å². The SMILES string of the molecule is Cc1ccc(SCCC(=O)Nc2ccc(NC(=O)C(C)n3cncn3)cc2)cc1C. The average Bonchev–Trinajstić information content (AvgIpc) is 3.26. The van der Waals surface area contributed by atoms with Crippen LogP contribution in [0.1, 0.15) is 30.5 Å². The molecule has 2 amide bonds. The molecular formula is C22H25N5O2S. The Balaban J connectivity index is 1.44. The van der Waals surface area contributed by atoms with Gasteiger partial charge in [0.05, 0.1) is 0 Å². The molecule has 30 heavy (non-hydrogen) atoms. The fourth-order valence-corrected chi connectivity index (χ4v) is 3.66. The quantitative estimate of drug-likeness (QED) is 0.530. The highest BCUT2D eigenvalue weighted by Gasteiger charge is 2.15. The molecule has 0 spiro atoms. The van der Waals surface area contributed by atoms with Crippen molar-refractivity contribution in [1.29, 1.82) is 0 Å². The number of carbonyl (C=O) groups is 2. The number of nitrogens with zero attached hydrogens (tertiary/aromatic N) is 3. The molecule has 0 aliphatic rings. The molecule has 1 atom stereocenters. The van der Waals surface area contributed by atoms with Crippen LogP contribution in [-0.4, -0.2) is 32.3 Å². The molecule has 0 aliphatic carbocycles. The Kier molecular flexibility index (Phi) is 7.24. The molecule has 0 fully saturated rings. The molecule has 2 aromatic carbocycles. The van der Waals surface area contributed by atoms with Crippen LogP contribution in [0, 0.1) is 13.8 Å². The van der Waals surface area contributed by atoms with Crippen LogP contribution >= 0.6 is 11.8 Å². The van der Waals surface area contributed by atoms with E-state index in [1.54, 1.807) is 43.0 Å². The van der Waals surface area contributed by atoms with Gasteiger partial charge in [-0.25, -0.2) is 9.67 Å². The summed E-state index contributed by atoms with van der Waals surface area (Å²) in [6.45, 7) is 5.92. The van der Waals surface area contributed by atoms with Gasteiger partial charge in [-0.2, -0.15) is 5.10 Å². The monoisotopic (exact) mass is 423 g/mol. The van der Waals surface area contributed by atoms with E-state index in [0.717, 1.165) is 0 Å². The zero-order valence-electron chi connectivity index (χ0n) is 17.3. The van der Waals surface area contributed by atoms with E-state index in [-0.39, 0.29) is 11.8 Å². The van der Waals surface area contributed by atoms with Crippen LogP contribution in [0.4, 0.5) is 11.4 Å². The van der Waals surface area contributed by atoms with Crippen molar-refractivity contribution in [2.45, 2.75) is 38.1 Å². The van der Waals surface area contributed by atoms with Crippen LogP contribution in [-0.2, 0) is 9.59 Å². The Hall–Kier alpha value is -3.13. The summed E-state index contributed by atoms with van der Waals surface area (Å²) in [5.41, 5.74) is 3.87. The molecule has 8 heteroatoms. The van der Waals surface area contributed by atoms with Crippen molar-refractivity contribution in [2.75, 3.05) is 16.4 Å². The molecule has 0 aliphatic heterocycles. The predicted molar refractivity (Wildman–Crippen MR) is 120 cm³/mol. The molecule has 1 heterocycles. The second kappa shape index (κ2) is 10.1. The number of hydrogen-bond acceptors (Lipinski definition) is 5.